The smallest absolute Gasteiger partial charge is 0.316 e. The van der Waals surface area contributed by atoms with Crippen LogP contribution < -0.4 is 10.1 Å². The van der Waals surface area contributed by atoms with Gasteiger partial charge in [0.1, 0.15) is 5.69 Å². The highest BCUT2D eigenvalue weighted by Crippen LogP contribution is 2.24. The van der Waals surface area contributed by atoms with Crippen molar-refractivity contribution in [2.24, 2.45) is 0 Å². The second kappa shape index (κ2) is 4.95. The molecule has 2 aromatic rings. The third-order valence-electron chi connectivity index (χ3n) is 2.63. The van der Waals surface area contributed by atoms with E-state index in [0.29, 0.717) is 11.8 Å². The molecule has 2 rings (SSSR count). The molecule has 0 fully saturated rings. The fourth-order valence-electron chi connectivity index (χ4n) is 1.52. The Morgan fingerprint density at radius 3 is 2.22 bits per heavy atom. The van der Waals surface area contributed by atoms with Gasteiger partial charge in [-0.25, -0.2) is 19.9 Å². The van der Waals surface area contributed by atoms with Gasteiger partial charge >= 0.3 is 6.01 Å². The van der Waals surface area contributed by atoms with E-state index in [2.05, 4.69) is 25.3 Å². The zero-order valence-electron chi connectivity index (χ0n) is 10.9. The summed E-state index contributed by atoms with van der Waals surface area (Å²) in [6.45, 7) is 3.85. The van der Waals surface area contributed by atoms with E-state index in [1.165, 1.54) is 7.11 Å². The quantitative estimate of drug-likeness (QED) is 0.885. The third-order valence-corrected chi connectivity index (χ3v) is 2.63. The maximum Gasteiger partial charge on any atom is 0.316 e. The number of anilines is 1. The molecule has 18 heavy (non-hydrogen) atoms. The van der Waals surface area contributed by atoms with Crippen molar-refractivity contribution >= 4 is 5.82 Å². The predicted molar refractivity (Wildman–Crippen MR) is 68.6 cm³/mol. The van der Waals surface area contributed by atoms with Crippen molar-refractivity contribution in [2.75, 3.05) is 19.5 Å². The van der Waals surface area contributed by atoms with Crippen molar-refractivity contribution in [3.63, 3.8) is 0 Å². The fraction of sp³-hybridized carbons (Fsp3) is 0.333. The zero-order valence-corrected chi connectivity index (χ0v) is 10.9. The van der Waals surface area contributed by atoms with Gasteiger partial charge in [-0.05, 0) is 13.8 Å². The summed E-state index contributed by atoms with van der Waals surface area (Å²) in [5.41, 5.74) is 3.33. The Hall–Kier alpha value is -2.24. The predicted octanol–water partition coefficient (Wildman–Crippen LogP) is 1.60. The van der Waals surface area contributed by atoms with Crippen LogP contribution in [0, 0.1) is 13.8 Å². The van der Waals surface area contributed by atoms with Gasteiger partial charge in [-0.3, -0.25) is 0 Å². The molecule has 0 spiro atoms. The van der Waals surface area contributed by atoms with E-state index < -0.39 is 0 Å². The van der Waals surface area contributed by atoms with Gasteiger partial charge < -0.3 is 10.1 Å². The van der Waals surface area contributed by atoms with E-state index in [1.807, 2.05) is 20.9 Å². The molecule has 0 aliphatic rings. The van der Waals surface area contributed by atoms with Gasteiger partial charge in [0.15, 0.2) is 5.82 Å². The van der Waals surface area contributed by atoms with Crippen LogP contribution in [0.4, 0.5) is 5.82 Å². The van der Waals surface area contributed by atoms with Crippen molar-refractivity contribution in [2.45, 2.75) is 13.8 Å². The number of hydrogen-bond donors (Lipinski definition) is 1. The van der Waals surface area contributed by atoms with Crippen molar-refractivity contribution in [1.29, 1.82) is 0 Å². The summed E-state index contributed by atoms with van der Waals surface area (Å²) in [5.74, 6) is 0.715. The van der Waals surface area contributed by atoms with E-state index in [0.717, 1.165) is 22.6 Å². The molecule has 2 heterocycles. The standard InChI is InChI=1S/C12H15N5O/c1-7-8(2)17-11(13-3)10(16-7)9-5-14-12(18-4)15-6-9/h5-6H,1-4H3,(H,13,17). The van der Waals surface area contributed by atoms with Crippen LogP contribution in [-0.4, -0.2) is 34.1 Å². The lowest BCUT2D eigenvalue weighted by atomic mass is 10.2. The molecule has 94 valence electrons. The van der Waals surface area contributed by atoms with Crippen LogP contribution >= 0.6 is 0 Å². The largest absolute Gasteiger partial charge is 0.467 e. The van der Waals surface area contributed by atoms with E-state index in [-0.39, 0.29) is 0 Å². The molecular weight excluding hydrogens is 230 g/mol. The average Bonchev–Trinajstić information content (AvgIpc) is 2.41. The number of rotatable bonds is 3. The Morgan fingerprint density at radius 1 is 1.06 bits per heavy atom. The molecule has 2 aromatic heterocycles. The second-order valence-corrected chi connectivity index (χ2v) is 3.80. The third kappa shape index (κ3) is 2.22. The van der Waals surface area contributed by atoms with Gasteiger partial charge in [0.25, 0.3) is 0 Å². The number of ether oxygens (including phenoxy) is 1. The van der Waals surface area contributed by atoms with Crippen LogP contribution in [0.2, 0.25) is 0 Å². The van der Waals surface area contributed by atoms with Gasteiger partial charge in [0, 0.05) is 25.0 Å². The van der Waals surface area contributed by atoms with Crippen molar-refractivity contribution in [3.05, 3.63) is 23.8 Å². The minimum atomic E-state index is 0.335. The molecule has 0 amide bonds. The normalized spacial score (nSPS) is 10.2. The van der Waals surface area contributed by atoms with Crippen molar-refractivity contribution in [3.8, 4) is 17.3 Å². The second-order valence-electron chi connectivity index (χ2n) is 3.80. The molecule has 0 aliphatic heterocycles. The summed E-state index contributed by atoms with van der Waals surface area (Å²) in [6.07, 6.45) is 3.34. The molecule has 0 saturated heterocycles. The molecule has 1 N–H and O–H groups in total. The molecule has 0 unspecified atom stereocenters. The first-order chi connectivity index (χ1) is 8.65. The summed E-state index contributed by atoms with van der Waals surface area (Å²) >= 11 is 0. The summed E-state index contributed by atoms with van der Waals surface area (Å²) in [5, 5.41) is 3.03. The number of aryl methyl sites for hydroxylation is 2. The van der Waals surface area contributed by atoms with Crippen molar-refractivity contribution < 1.29 is 4.74 Å². The number of methoxy groups -OCH3 is 1. The molecule has 0 radical (unpaired) electrons. The van der Waals surface area contributed by atoms with Crippen LogP contribution in [0.25, 0.3) is 11.3 Å². The summed E-state index contributed by atoms with van der Waals surface area (Å²) in [6, 6.07) is 0.335. The zero-order chi connectivity index (χ0) is 13.1. The van der Waals surface area contributed by atoms with Crippen LogP contribution in [0.3, 0.4) is 0 Å². The highest BCUT2D eigenvalue weighted by Gasteiger charge is 2.11. The first-order valence-corrected chi connectivity index (χ1v) is 5.55. The molecule has 0 bridgehead atoms. The maximum absolute atomic E-state index is 4.93. The molecule has 0 atom stereocenters. The molecular formula is C12H15N5O. The molecule has 6 heteroatoms. The topological polar surface area (TPSA) is 72.8 Å². The fourth-order valence-corrected chi connectivity index (χ4v) is 1.52. The first-order valence-electron chi connectivity index (χ1n) is 5.55. The van der Waals surface area contributed by atoms with Crippen LogP contribution in [0.5, 0.6) is 6.01 Å². The SMILES string of the molecule is CNc1nc(C)c(C)nc1-c1cnc(OC)nc1. The lowest BCUT2D eigenvalue weighted by Crippen LogP contribution is -2.03. The summed E-state index contributed by atoms with van der Waals surface area (Å²) in [7, 11) is 3.34. The van der Waals surface area contributed by atoms with E-state index in [9.17, 15) is 0 Å². The van der Waals surface area contributed by atoms with Gasteiger partial charge in [0.05, 0.1) is 18.5 Å². The molecule has 0 saturated carbocycles. The summed E-state index contributed by atoms with van der Waals surface area (Å²) < 4.78 is 4.93. The lowest BCUT2D eigenvalue weighted by molar-refractivity contribution is 0.380. The number of nitrogens with zero attached hydrogens (tertiary/aromatic N) is 4. The summed E-state index contributed by atoms with van der Waals surface area (Å²) in [4.78, 5) is 17.1. The van der Waals surface area contributed by atoms with Gasteiger partial charge in [-0.15, -0.1) is 0 Å². The number of aromatic nitrogens is 4. The minimum Gasteiger partial charge on any atom is -0.467 e. The monoisotopic (exact) mass is 245 g/mol. The number of nitrogens with one attached hydrogen (secondary N) is 1. The van der Waals surface area contributed by atoms with E-state index in [4.69, 9.17) is 4.74 Å². The Kier molecular flexibility index (Phi) is 3.36. The van der Waals surface area contributed by atoms with Crippen molar-refractivity contribution in [1.82, 2.24) is 19.9 Å². The maximum atomic E-state index is 4.93. The van der Waals surface area contributed by atoms with Gasteiger partial charge in [0.2, 0.25) is 0 Å². The van der Waals surface area contributed by atoms with Gasteiger partial charge in [-0.1, -0.05) is 0 Å². The highest BCUT2D eigenvalue weighted by molar-refractivity contribution is 5.70. The van der Waals surface area contributed by atoms with Crippen LogP contribution in [-0.2, 0) is 0 Å². The Morgan fingerprint density at radius 2 is 1.67 bits per heavy atom. The Balaban J connectivity index is 2.51. The number of hydrogen-bond acceptors (Lipinski definition) is 6. The first kappa shape index (κ1) is 12.2. The Bertz CT molecular complexity index is 553. The molecule has 0 aliphatic carbocycles. The van der Waals surface area contributed by atoms with Crippen LogP contribution in [0.1, 0.15) is 11.4 Å². The van der Waals surface area contributed by atoms with E-state index >= 15 is 0 Å². The van der Waals surface area contributed by atoms with E-state index in [1.54, 1.807) is 12.4 Å². The molecule has 0 aromatic carbocycles. The average molecular weight is 245 g/mol. The van der Waals surface area contributed by atoms with Gasteiger partial charge in [-0.2, -0.15) is 0 Å². The Labute approximate surface area is 105 Å². The minimum absolute atomic E-state index is 0.335. The highest BCUT2D eigenvalue weighted by atomic mass is 16.5. The van der Waals surface area contributed by atoms with Crippen LogP contribution in [0.15, 0.2) is 12.4 Å². The molecule has 6 nitrogen and oxygen atoms in total. The lowest BCUT2D eigenvalue weighted by Gasteiger charge is -2.10.